The Morgan fingerprint density at radius 1 is 1.03 bits per heavy atom. The summed E-state index contributed by atoms with van der Waals surface area (Å²) < 4.78 is 12.3. The number of benzene rings is 2. The maximum absolute atomic E-state index is 15.8. The molecular weight excluding hydrogens is 879 g/mol. The van der Waals surface area contributed by atoms with Crippen LogP contribution >= 0.6 is 0 Å². The van der Waals surface area contributed by atoms with Crippen LogP contribution in [0.4, 0.5) is 5.69 Å². The second-order valence-electron chi connectivity index (χ2n) is 21.1. The third kappa shape index (κ3) is 7.61. The molecule has 3 aromatic rings. The molecular formula is C53H73N7O9. The first-order chi connectivity index (χ1) is 33.1. The van der Waals surface area contributed by atoms with Crippen LogP contribution < -0.4 is 20.4 Å². The first kappa shape index (κ1) is 49.2. The number of hydrogen-bond acceptors (Lipinski definition) is 13. The van der Waals surface area contributed by atoms with Gasteiger partial charge in [-0.25, -0.2) is 5.01 Å². The number of unbranched alkanes of at least 4 members (excludes halogenated alkanes) is 2. The standard InChI is InChI=1S/C53H73N7O9/c1-7-49(66)30-34-31-52(48(65)69-6,43-37(19-25-59(32-34)33-49)36-16-11-12-17-39(36)55-43)38-28-35(68-5)29-40-42(38)51-21-26-60-24-14-20-50(8-2,44(51)60)46(63)53(67,45(51)58(40)4)47(64)56-57(3)23-13-9-10-18-41(62)54-22-15-27-61/h11-12,14,16-17,20,27-29,34,44-46,55,63,66-67H,7-10,13,15,18-19,21-26,30-33H2,1-6H3,(H,54,62)(H,56,64)/t34-,44?,45-,46-,49+,50-,51-,52+,53+/m1/s1. The highest BCUT2D eigenvalue weighted by atomic mass is 16.5. The zero-order valence-corrected chi connectivity index (χ0v) is 41.3. The number of aromatic nitrogens is 1. The normalized spacial score (nSPS) is 33.4. The highest BCUT2D eigenvalue weighted by molar-refractivity contribution is 5.96. The fraction of sp³-hybridized carbons (Fsp3) is 0.623. The van der Waals surface area contributed by atoms with E-state index in [1.807, 2.05) is 62.2 Å². The molecule has 16 heteroatoms. The summed E-state index contributed by atoms with van der Waals surface area (Å²) >= 11 is 0. The number of likely N-dealkylation sites (N-methyl/N-ethyl adjacent to an activating group) is 1. The summed E-state index contributed by atoms with van der Waals surface area (Å²) in [6.45, 7) is 7.93. The zero-order chi connectivity index (χ0) is 49.1. The smallest absolute Gasteiger partial charge is 0.322 e. The predicted molar refractivity (Wildman–Crippen MR) is 262 cm³/mol. The number of aliphatic hydroxyl groups excluding tert-OH is 1. The molecule has 374 valence electrons. The van der Waals surface area contributed by atoms with Gasteiger partial charge in [-0.2, -0.15) is 0 Å². The van der Waals surface area contributed by atoms with Gasteiger partial charge >= 0.3 is 5.97 Å². The van der Waals surface area contributed by atoms with E-state index in [9.17, 15) is 24.9 Å². The lowest BCUT2D eigenvalue weighted by atomic mass is 9.46. The largest absolute Gasteiger partial charge is 0.497 e. The fourth-order valence-electron chi connectivity index (χ4n) is 14.6. The van der Waals surface area contributed by atoms with Crippen molar-refractivity contribution >= 4 is 40.7 Å². The van der Waals surface area contributed by atoms with Crippen LogP contribution in [0.25, 0.3) is 10.9 Å². The molecule has 10 atom stereocenters. The summed E-state index contributed by atoms with van der Waals surface area (Å²) in [6, 6.07) is 10.7. The van der Waals surface area contributed by atoms with Gasteiger partial charge in [-0.1, -0.05) is 50.6 Å². The fourth-order valence-corrected chi connectivity index (χ4v) is 14.6. The summed E-state index contributed by atoms with van der Waals surface area (Å²) in [5.74, 6) is -0.927. The van der Waals surface area contributed by atoms with Crippen LogP contribution in [0.2, 0.25) is 0 Å². The van der Waals surface area contributed by atoms with Gasteiger partial charge < -0.3 is 44.8 Å². The number of nitrogens with zero attached hydrogens (tertiary/aromatic N) is 4. The Kier molecular flexibility index (Phi) is 13.3. The molecule has 2 amide bonds. The molecule has 9 rings (SSSR count). The topological polar surface area (TPSA) is 200 Å². The molecule has 2 aromatic carbocycles. The number of para-hydroxylation sites is 1. The number of esters is 1. The van der Waals surface area contributed by atoms with Crippen molar-refractivity contribution in [2.45, 2.75) is 125 Å². The zero-order valence-electron chi connectivity index (χ0n) is 41.3. The number of carbonyl (C=O) groups excluding carboxylic acids is 4. The van der Waals surface area contributed by atoms with Gasteiger partial charge in [0.2, 0.25) is 5.91 Å². The van der Waals surface area contributed by atoms with Crippen LogP contribution in [0.1, 0.15) is 100 Å². The van der Waals surface area contributed by atoms with E-state index in [1.54, 1.807) is 19.2 Å². The molecule has 1 spiro atoms. The van der Waals surface area contributed by atoms with Crippen molar-refractivity contribution in [3.63, 3.8) is 0 Å². The number of H-pyrrole nitrogens is 1. The minimum atomic E-state index is -2.39. The molecule has 2 saturated heterocycles. The number of piperidine rings is 1. The van der Waals surface area contributed by atoms with Gasteiger partial charge in [-0.05, 0) is 92.7 Å². The lowest BCUT2D eigenvalue weighted by Crippen LogP contribution is -2.82. The molecule has 2 unspecified atom stereocenters. The number of hydrogen-bond donors (Lipinski definition) is 6. The number of carbonyl (C=O) groups is 4. The number of anilines is 1. The molecule has 3 fully saturated rings. The molecule has 6 aliphatic rings. The molecule has 0 radical (unpaired) electrons. The molecule has 2 bridgehead atoms. The monoisotopic (exact) mass is 952 g/mol. The van der Waals surface area contributed by atoms with Crippen molar-refractivity contribution in [2.75, 3.05) is 79.0 Å². The summed E-state index contributed by atoms with van der Waals surface area (Å²) in [4.78, 5) is 64.6. The molecule has 5 aliphatic heterocycles. The van der Waals surface area contributed by atoms with Crippen molar-refractivity contribution in [2.24, 2.45) is 11.3 Å². The third-order valence-electron chi connectivity index (χ3n) is 17.5. The summed E-state index contributed by atoms with van der Waals surface area (Å²) in [6.07, 6.45) is 8.83. The Bertz CT molecular complexity index is 2500. The highest BCUT2D eigenvalue weighted by Gasteiger charge is 2.79. The van der Waals surface area contributed by atoms with Crippen LogP contribution in [0.3, 0.4) is 0 Å². The lowest BCUT2D eigenvalue weighted by molar-refractivity contribution is -0.206. The summed E-state index contributed by atoms with van der Waals surface area (Å²) in [5.41, 5.74) is 0.919. The Hall–Kier alpha value is -4.84. The number of amides is 2. The minimum absolute atomic E-state index is 0.109. The van der Waals surface area contributed by atoms with E-state index in [0.717, 1.165) is 34.0 Å². The lowest BCUT2D eigenvalue weighted by Gasteiger charge is -2.63. The van der Waals surface area contributed by atoms with E-state index in [2.05, 4.69) is 37.7 Å². The molecule has 1 saturated carbocycles. The number of aldehydes is 1. The number of methoxy groups -OCH3 is 2. The highest BCUT2D eigenvalue weighted by Crippen LogP contribution is 2.69. The maximum Gasteiger partial charge on any atom is 0.322 e. The van der Waals surface area contributed by atoms with Crippen molar-refractivity contribution in [3.8, 4) is 5.75 Å². The Labute approximate surface area is 405 Å². The minimum Gasteiger partial charge on any atom is -0.497 e. The second-order valence-corrected chi connectivity index (χ2v) is 21.1. The van der Waals surface area contributed by atoms with Gasteiger partial charge in [0.15, 0.2) is 5.60 Å². The number of rotatable bonds is 16. The SMILES string of the molecule is CC[C@]1(O)C[C@H]2CN(CCc3c([nH]c4ccccc34)[C@@](C(=O)OC)(c3cc(OC)cc4c3[C@]35CCN6CC=C[C@](CC)(C63)[C@@H](O)[C@](O)(C(=O)NN(C)CCCCCC(=O)NCCC=O)[C@@H]5N4C)C2)C1. The number of hydrazine groups is 1. The van der Waals surface area contributed by atoms with Crippen LogP contribution in [-0.4, -0.2) is 163 Å². The number of ether oxygens (including phenoxy) is 2. The van der Waals surface area contributed by atoms with Gasteiger partial charge in [0, 0.05) is 111 Å². The molecule has 6 heterocycles. The van der Waals surface area contributed by atoms with Gasteiger partial charge in [0.1, 0.15) is 23.6 Å². The van der Waals surface area contributed by atoms with Crippen molar-refractivity contribution in [3.05, 3.63) is 70.9 Å². The Morgan fingerprint density at radius 3 is 2.57 bits per heavy atom. The van der Waals surface area contributed by atoms with Crippen molar-refractivity contribution in [1.82, 2.24) is 30.5 Å². The first-order valence-electron chi connectivity index (χ1n) is 25.3. The van der Waals surface area contributed by atoms with Crippen LogP contribution in [-0.2, 0) is 41.2 Å². The molecule has 1 aliphatic carbocycles. The molecule has 6 N–H and O–H groups in total. The van der Waals surface area contributed by atoms with Crippen molar-refractivity contribution < 1.29 is 44.0 Å². The van der Waals surface area contributed by atoms with Gasteiger partial charge in [-0.3, -0.25) is 29.6 Å². The number of aromatic amines is 1. The third-order valence-corrected chi connectivity index (χ3v) is 17.5. The Morgan fingerprint density at radius 2 is 1.83 bits per heavy atom. The number of aliphatic hydroxyl groups is 3. The van der Waals surface area contributed by atoms with Gasteiger partial charge in [-0.15, -0.1) is 0 Å². The number of fused-ring (bicyclic) bond motifs is 6. The van der Waals surface area contributed by atoms with E-state index < -0.39 is 51.5 Å². The van der Waals surface area contributed by atoms with E-state index >= 15 is 9.59 Å². The first-order valence-corrected chi connectivity index (χ1v) is 25.3. The molecule has 1 aromatic heterocycles. The van der Waals surface area contributed by atoms with E-state index in [1.165, 1.54) is 7.11 Å². The average Bonchev–Trinajstić information content (AvgIpc) is 4.01. The van der Waals surface area contributed by atoms with Crippen LogP contribution in [0.15, 0.2) is 48.6 Å². The van der Waals surface area contributed by atoms with E-state index in [0.29, 0.717) is 127 Å². The summed E-state index contributed by atoms with van der Waals surface area (Å²) in [5, 5.41) is 44.5. The van der Waals surface area contributed by atoms with Crippen molar-refractivity contribution in [1.29, 1.82) is 0 Å². The predicted octanol–water partition coefficient (Wildman–Crippen LogP) is 3.48. The average molecular weight is 952 g/mol. The number of nitrogens with one attached hydrogen (secondary N) is 3. The maximum atomic E-state index is 15.8. The van der Waals surface area contributed by atoms with E-state index in [-0.39, 0.29) is 24.3 Å². The van der Waals surface area contributed by atoms with Gasteiger partial charge in [0.25, 0.3) is 5.91 Å². The quantitative estimate of drug-likeness (QED) is 0.0402. The van der Waals surface area contributed by atoms with Crippen LogP contribution in [0, 0.1) is 11.3 Å². The Balaban J connectivity index is 1.21. The summed E-state index contributed by atoms with van der Waals surface area (Å²) in [7, 11) is 6.67. The molecule has 69 heavy (non-hydrogen) atoms. The van der Waals surface area contributed by atoms with Gasteiger partial charge in [0.05, 0.1) is 25.9 Å². The second kappa shape index (κ2) is 18.7. The molecule has 16 nitrogen and oxygen atoms in total. The van der Waals surface area contributed by atoms with Crippen LogP contribution in [0.5, 0.6) is 5.75 Å². The van der Waals surface area contributed by atoms with E-state index in [4.69, 9.17) is 9.47 Å².